The van der Waals surface area contributed by atoms with Crippen LogP contribution in [0.4, 0.5) is 17.3 Å². The van der Waals surface area contributed by atoms with Crippen molar-refractivity contribution >= 4 is 17.3 Å². The van der Waals surface area contributed by atoms with Gasteiger partial charge in [-0.05, 0) is 24.3 Å². The molecule has 0 aliphatic carbocycles. The number of benzene rings is 1. The molecule has 15 heavy (non-hydrogen) atoms. The van der Waals surface area contributed by atoms with Gasteiger partial charge in [-0.1, -0.05) is 0 Å². The van der Waals surface area contributed by atoms with Crippen LogP contribution >= 0.6 is 0 Å². The van der Waals surface area contributed by atoms with Crippen LogP contribution in [0.5, 0.6) is 5.75 Å². The molecule has 0 aliphatic heterocycles. The molecule has 0 saturated heterocycles. The predicted molar refractivity (Wildman–Crippen MR) is 57.8 cm³/mol. The minimum atomic E-state index is 0.221. The van der Waals surface area contributed by atoms with E-state index in [1.807, 2.05) is 0 Å². The van der Waals surface area contributed by atoms with Gasteiger partial charge >= 0.3 is 0 Å². The Bertz CT molecular complexity index is 394. The molecule has 0 amide bonds. The molecule has 1 heterocycles. The SMILES string of the molecule is Nc1cnc(Nc2ccc(O)cc2)nc1. The van der Waals surface area contributed by atoms with Crippen molar-refractivity contribution in [2.45, 2.75) is 0 Å². The van der Waals surface area contributed by atoms with Crippen LogP contribution in [0.2, 0.25) is 0 Å². The molecule has 1 aromatic carbocycles. The number of hydrogen-bond acceptors (Lipinski definition) is 5. The summed E-state index contributed by atoms with van der Waals surface area (Å²) in [7, 11) is 0. The van der Waals surface area contributed by atoms with Gasteiger partial charge in [-0.3, -0.25) is 0 Å². The van der Waals surface area contributed by atoms with Gasteiger partial charge < -0.3 is 16.2 Å². The summed E-state index contributed by atoms with van der Waals surface area (Å²) in [6, 6.07) is 6.63. The van der Waals surface area contributed by atoms with Crippen LogP contribution in [-0.4, -0.2) is 15.1 Å². The summed E-state index contributed by atoms with van der Waals surface area (Å²) >= 11 is 0. The lowest BCUT2D eigenvalue weighted by Gasteiger charge is -2.04. The normalized spacial score (nSPS) is 9.87. The highest BCUT2D eigenvalue weighted by atomic mass is 16.3. The second-order valence-electron chi connectivity index (χ2n) is 3.01. The maximum Gasteiger partial charge on any atom is 0.227 e. The van der Waals surface area contributed by atoms with Crippen LogP contribution in [0.15, 0.2) is 36.7 Å². The van der Waals surface area contributed by atoms with Crippen LogP contribution in [0.25, 0.3) is 0 Å². The first-order chi connectivity index (χ1) is 7.24. The number of nitrogens with one attached hydrogen (secondary N) is 1. The monoisotopic (exact) mass is 202 g/mol. The van der Waals surface area contributed by atoms with E-state index in [9.17, 15) is 0 Å². The molecule has 0 atom stereocenters. The Kier molecular flexibility index (Phi) is 2.37. The minimum Gasteiger partial charge on any atom is -0.508 e. The molecule has 5 nitrogen and oxygen atoms in total. The first-order valence-corrected chi connectivity index (χ1v) is 4.37. The summed E-state index contributed by atoms with van der Waals surface area (Å²) in [5.41, 5.74) is 6.78. The Balaban J connectivity index is 2.15. The number of phenols is 1. The summed E-state index contributed by atoms with van der Waals surface area (Å²) in [5, 5.41) is 12.1. The molecule has 0 radical (unpaired) electrons. The third-order valence-electron chi connectivity index (χ3n) is 1.80. The van der Waals surface area contributed by atoms with Gasteiger partial charge in [0.25, 0.3) is 0 Å². The second-order valence-corrected chi connectivity index (χ2v) is 3.01. The van der Waals surface area contributed by atoms with Crippen LogP contribution in [0, 0.1) is 0 Å². The number of rotatable bonds is 2. The largest absolute Gasteiger partial charge is 0.508 e. The zero-order valence-electron chi connectivity index (χ0n) is 7.88. The van der Waals surface area contributed by atoms with Gasteiger partial charge in [0.1, 0.15) is 5.75 Å². The molecular formula is C10H10N4O. The van der Waals surface area contributed by atoms with Crippen molar-refractivity contribution in [3.05, 3.63) is 36.7 Å². The van der Waals surface area contributed by atoms with Crippen LogP contribution < -0.4 is 11.1 Å². The highest BCUT2D eigenvalue weighted by molar-refractivity contribution is 5.54. The van der Waals surface area contributed by atoms with Gasteiger partial charge in [0.05, 0.1) is 18.1 Å². The van der Waals surface area contributed by atoms with Crippen molar-refractivity contribution in [3.63, 3.8) is 0 Å². The van der Waals surface area contributed by atoms with Crippen molar-refractivity contribution in [2.75, 3.05) is 11.1 Å². The van der Waals surface area contributed by atoms with Crippen molar-refractivity contribution in [3.8, 4) is 5.75 Å². The Morgan fingerprint density at radius 3 is 2.27 bits per heavy atom. The number of aromatic hydroxyl groups is 1. The van der Waals surface area contributed by atoms with Gasteiger partial charge in [-0.15, -0.1) is 0 Å². The molecule has 0 saturated carbocycles. The van der Waals surface area contributed by atoms with E-state index in [-0.39, 0.29) is 5.75 Å². The lowest BCUT2D eigenvalue weighted by atomic mass is 10.3. The van der Waals surface area contributed by atoms with E-state index in [0.717, 1.165) is 5.69 Å². The van der Waals surface area contributed by atoms with Crippen molar-refractivity contribution in [1.29, 1.82) is 0 Å². The van der Waals surface area contributed by atoms with Gasteiger partial charge in [0.15, 0.2) is 0 Å². The maximum atomic E-state index is 9.08. The number of nitrogen functional groups attached to an aromatic ring is 1. The molecule has 2 aromatic rings. The average Bonchev–Trinajstić information content (AvgIpc) is 2.25. The topological polar surface area (TPSA) is 84.1 Å². The zero-order valence-corrected chi connectivity index (χ0v) is 7.88. The third-order valence-corrected chi connectivity index (χ3v) is 1.80. The van der Waals surface area contributed by atoms with Crippen molar-refractivity contribution in [1.82, 2.24) is 9.97 Å². The van der Waals surface area contributed by atoms with Gasteiger partial charge in [-0.25, -0.2) is 9.97 Å². The average molecular weight is 202 g/mol. The molecule has 2 rings (SSSR count). The quantitative estimate of drug-likeness (QED) is 0.643. The molecule has 0 bridgehead atoms. The fourth-order valence-corrected chi connectivity index (χ4v) is 1.08. The third kappa shape index (κ3) is 2.34. The van der Waals surface area contributed by atoms with Crippen LogP contribution in [0.3, 0.4) is 0 Å². The highest BCUT2D eigenvalue weighted by Gasteiger charge is 1.96. The molecule has 76 valence electrons. The Hall–Kier alpha value is -2.30. The van der Waals surface area contributed by atoms with E-state index >= 15 is 0 Å². The van der Waals surface area contributed by atoms with Gasteiger partial charge in [-0.2, -0.15) is 0 Å². The Morgan fingerprint density at radius 1 is 1.07 bits per heavy atom. The van der Waals surface area contributed by atoms with E-state index in [4.69, 9.17) is 10.8 Å². The fraction of sp³-hybridized carbons (Fsp3) is 0. The summed E-state index contributed by atoms with van der Waals surface area (Å²) in [6.45, 7) is 0. The molecule has 0 aliphatic rings. The number of nitrogens with two attached hydrogens (primary N) is 1. The van der Waals surface area contributed by atoms with E-state index in [1.165, 1.54) is 12.4 Å². The van der Waals surface area contributed by atoms with Gasteiger partial charge in [0, 0.05) is 5.69 Å². The van der Waals surface area contributed by atoms with Crippen LogP contribution in [0.1, 0.15) is 0 Å². The molecule has 5 heteroatoms. The summed E-state index contributed by atoms with van der Waals surface area (Å²) in [6.07, 6.45) is 3.05. The molecule has 0 unspecified atom stereocenters. The predicted octanol–water partition coefficient (Wildman–Crippen LogP) is 1.51. The summed E-state index contributed by atoms with van der Waals surface area (Å²) < 4.78 is 0. The Labute approximate surface area is 86.6 Å². The smallest absolute Gasteiger partial charge is 0.227 e. The van der Waals surface area contributed by atoms with E-state index < -0.39 is 0 Å². The molecule has 0 spiro atoms. The number of anilines is 3. The summed E-state index contributed by atoms with van der Waals surface area (Å²) in [4.78, 5) is 7.97. The van der Waals surface area contributed by atoms with E-state index in [2.05, 4.69) is 15.3 Å². The standard InChI is InChI=1S/C10H10N4O/c11-7-5-12-10(13-6-7)14-8-1-3-9(15)4-2-8/h1-6,15H,11H2,(H,12,13,14). The fourth-order valence-electron chi connectivity index (χ4n) is 1.08. The molecule has 0 fully saturated rings. The molecular weight excluding hydrogens is 192 g/mol. The number of nitrogens with zero attached hydrogens (tertiary/aromatic N) is 2. The van der Waals surface area contributed by atoms with Gasteiger partial charge in [0.2, 0.25) is 5.95 Å². The zero-order chi connectivity index (χ0) is 10.7. The van der Waals surface area contributed by atoms with Crippen molar-refractivity contribution < 1.29 is 5.11 Å². The second kappa shape index (κ2) is 3.83. The number of aromatic nitrogens is 2. The highest BCUT2D eigenvalue weighted by Crippen LogP contribution is 2.16. The first-order valence-electron chi connectivity index (χ1n) is 4.37. The molecule has 4 N–H and O–H groups in total. The Morgan fingerprint density at radius 2 is 1.67 bits per heavy atom. The van der Waals surface area contributed by atoms with Crippen LogP contribution in [-0.2, 0) is 0 Å². The lowest BCUT2D eigenvalue weighted by Crippen LogP contribution is -1.97. The van der Waals surface area contributed by atoms with E-state index in [1.54, 1.807) is 24.3 Å². The first kappa shape index (κ1) is 9.26. The minimum absolute atomic E-state index is 0.221. The maximum absolute atomic E-state index is 9.08. The van der Waals surface area contributed by atoms with Crippen molar-refractivity contribution in [2.24, 2.45) is 0 Å². The number of phenolic OH excluding ortho intramolecular Hbond substituents is 1. The summed E-state index contributed by atoms with van der Waals surface area (Å²) in [5.74, 6) is 0.689. The van der Waals surface area contributed by atoms with E-state index in [0.29, 0.717) is 11.6 Å². The number of hydrogen-bond donors (Lipinski definition) is 3. The lowest BCUT2D eigenvalue weighted by molar-refractivity contribution is 0.475. The molecule has 1 aromatic heterocycles.